The van der Waals surface area contributed by atoms with Crippen molar-refractivity contribution in [1.29, 1.82) is 0 Å². The van der Waals surface area contributed by atoms with Crippen molar-refractivity contribution in [3.05, 3.63) is 47.9 Å². The summed E-state index contributed by atoms with van der Waals surface area (Å²) in [4.78, 5) is 7.67. The molecule has 0 amide bonds. The Morgan fingerprint density at radius 2 is 1.76 bits per heavy atom. The maximum Gasteiger partial charge on any atom is 0.142 e. The van der Waals surface area contributed by atoms with Gasteiger partial charge in [0.05, 0.1) is 19.3 Å². The van der Waals surface area contributed by atoms with Crippen molar-refractivity contribution in [3.8, 4) is 5.75 Å². The van der Waals surface area contributed by atoms with Crippen molar-refractivity contribution < 1.29 is 13.9 Å². The number of benzene rings is 1. The summed E-state index contributed by atoms with van der Waals surface area (Å²) < 4.78 is 16.6. The van der Waals surface area contributed by atoms with Crippen molar-refractivity contribution in [3.63, 3.8) is 0 Å². The zero-order chi connectivity index (χ0) is 20.1. The Kier molecular flexibility index (Phi) is 6.74. The summed E-state index contributed by atoms with van der Waals surface area (Å²) in [5.74, 6) is 2.92. The van der Waals surface area contributed by atoms with Crippen LogP contribution < -0.4 is 9.64 Å². The number of piperazine rings is 1. The number of para-hydroxylation sites is 2. The first kappa shape index (κ1) is 20.3. The molecule has 6 nitrogen and oxygen atoms in total. The number of furan rings is 1. The minimum absolute atomic E-state index is 0.541. The molecule has 1 atom stereocenters. The van der Waals surface area contributed by atoms with E-state index in [0.29, 0.717) is 12.6 Å². The Morgan fingerprint density at radius 1 is 0.966 bits per heavy atom. The second-order valence-corrected chi connectivity index (χ2v) is 8.03. The van der Waals surface area contributed by atoms with Gasteiger partial charge in [0.15, 0.2) is 0 Å². The van der Waals surface area contributed by atoms with E-state index in [1.165, 1.54) is 18.5 Å². The lowest BCUT2D eigenvalue weighted by Gasteiger charge is -2.44. The maximum absolute atomic E-state index is 5.89. The lowest BCUT2D eigenvalue weighted by molar-refractivity contribution is 0.0837. The first-order valence-corrected chi connectivity index (χ1v) is 10.7. The Labute approximate surface area is 174 Å². The van der Waals surface area contributed by atoms with E-state index < -0.39 is 0 Å². The summed E-state index contributed by atoms with van der Waals surface area (Å²) in [6.07, 6.45) is 2.54. The molecule has 0 N–H and O–H groups in total. The molecule has 3 heterocycles. The van der Waals surface area contributed by atoms with Crippen LogP contribution in [0.2, 0.25) is 0 Å². The number of piperidine rings is 1. The van der Waals surface area contributed by atoms with Gasteiger partial charge in [-0.1, -0.05) is 12.1 Å². The molecular weight excluding hydrogens is 366 g/mol. The number of methoxy groups -OCH3 is 2. The van der Waals surface area contributed by atoms with E-state index in [1.54, 1.807) is 14.2 Å². The summed E-state index contributed by atoms with van der Waals surface area (Å²) in [5.41, 5.74) is 1.21. The van der Waals surface area contributed by atoms with Gasteiger partial charge in [0.1, 0.15) is 23.9 Å². The molecule has 4 rings (SSSR count). The van der Waals surface area contributed by atoms with E-state index in [0.717, 1.165) is 63.1 Å². The maximum atomic E-state index is 5.89. The predicted octanol–water partition coefficient (Wildman–Crippen LogP) is 3.22. The molecule has 1 aromatic carbocycles. The lowest BCUT2D eigenvalue weighted by atomic mass is 10.0. The Morgan fingerprint density at radius 3 is 2.55 bits per heavy atom. The molecule has 2 fully saturated rings. The van der Waals surface area contributed by atoms with Crippen LogP contribution in [0.25, 0.3) is 0 Å². The van der Waals surface area contributed by atoms with Gasteiger partial charge in [0.25, 0.3) is 0 Å². The van der Waals surface area contributed by atoms with Gasteiger partial charge in [0.2, 0.25) is 0 Å². The second-order valence-electron chi connectivity index (χ2n) is 8.03. The molecule has 1 aromatic heterocycles. The number of likely N-dealkylation sites (tertiary alicyclic amines) is 1. The molecule has 0 spiro atoms. The third-order valence-electron chi connectivity index (χ3n) is 6.12. The highest BCUT2D eigenvalue weighted by atomic mass is 16.5. The highest BCUT2D eigenvalue weighted by Crippen LogP contribution is 2.29. The van der Waals surface area contributed by atoms with Crippen molar-refractivity contribution >= 4 is 5.69 Å². The van der Waals surface area contributed by atoms with Crippen LogP contribution in [-0.4, -0.2) is 69.3 Å². The van der Waals surface area contributed by atoms with Crippen LogP contribution in [0.1, 0.15) is 24.4 Å². The van der Waals surface area contributed by atoms with E-state index >= 15 is 0 Å². The highest BCUT2D eigenvalue weighted by molar-refractivity contribution is 5.58. The van der Waals surface area contributed by atoms with Crippen molar-refractivity contribution in [2.24, 2.45) is 0 Å². The van der Waals surface area contributed by atoms with Gasteiger partial charge < -0.3 is 18.8 Å². The fourth-order valence-electron chi connectivity index (χ4n) is 4.64. The predicted molar refractivity (Wildman–Crippen MR) is 115 cm³/mol. The molecule has 0 radical (unpaired) electrons. The van der Waals surface area contributed by atoms with E-state index in [1.807, 2.05) is 18.2 Å². The lowest BCUT2D eigenvalue weighted by Crippen LogP contribution is -2.55. The van der Waals surface area contributed by atoms with Gasteiger partial charge in [-0.2, -0.15) is 0 Å². The summed E-state index contributed by atoms with van der Waals surface area (Å²) in [6.45, 7) is 8.02. The molecule has 0 aliphatic carbocycles. The second kappa shape index (κ2) is 9.65. The molecule has 2 aliphatic rings. The molecule has 0 unspecified atom stereocenters. The summed E-state index contributed by atoms with van der Waals surface area (Å²) in [5, 5.41) is 0. The zero-order valence-corrected chi connectivity index (χ0v) is 17.7. The van der Waals surface area contributed by atoms with Gasteiger partial charge in [0, 0.05) is 45.9 Å². The largest absolute Gasteiger partial charge is 0.495 e. The third-order valence-corrected chi connectivity index (χ3v) is 6.12. The standard InChI is InChI=1S/C23H33N3O3/c1-27-18-21-10-9-20(29-21)17-24-11-5-6-19(16-24)25-12-14-26(15-13-25)22-7-3-4-8-23(22)28-2/h3-4,7-10,19H,5-6,11-18H2,1-2H3/t19-/m0/s1. The smallest absolute Gasteiger partial charge is 0.142 e. The van der Waals surface area contributed by atoms with Crippen molar-refractivity contribution in [2.45, 2.75) is 32.0 Å². The van der Waals surface area contributed by atoms with Gasteiger partial charge in [-0.3, -0.25) is 9.80 Å². The minimum Gasteiger partial charge on any atom is -0.495 e. The van der Waals surface area contributed by atoms with Crippen LogP contribution in [-0.2, 0) is 17.9 Å². The van der Waals surface area contributed by atoms with Gasteiger partial charge in [-0.05, 0) is 43.7 Å². The normalized spacial score (nSPS) is 21.4. The Balaban J connectivity index is 1.30. The molecule has 2 saturated heterocycles. The molecule has 2 aromatic rings. The van der Waals surface area contributed by atoms with Crippen LogP contribution in [0.15, 0.2) is 40.8 Å². The molecule has 6 heteroatoms. The van der Waals surface area contributed by atoms with Gasteiger partial charge >= 0.3 is 0 Å². The number of hydrogen-bond acceptors (Lipinski definition) is 6. The molecule has 158 valence electrons. The Hall–Kier alpha value is -2.02. The molecule has 0 saturated carbocycles. The average molecular weight is 400 g/mol. The number of rotatable bonds is 7. The van der Waals surface area contributed by atoms with Crippen LogP contribution in [0.5, 0.6) is 5.75 Å². The van der Waals surface area contributed by atoms with Gasteiger partial charge in [-0.25, -0.2) is 0 Å². The number of hydrogen-bond donors (Lipinski definition) is 0. The highest BCUT2D eigenvalue weighted by Gasteiger charge is 2.29. The summed E-state index contributed by atoms with van der Waals surface area (Å²) >= 11 is 0. The molecular formula is C23H33N3O3. The molecule has 2 aliphatic heterocycles. The number of nitrogens with zero attached hydrogens (tertiary/aromatic N) is 3. The average Bonchev–Trinajstić information content (AvgIpc) is 3.21. The molecule has 29 heavy (non-hydrogen) atoms. The third kappa shape index (κ3) is 4.94. The van der Waals surface area contributed by atoms with E-state index in [4.69, 9.17) is 13.9 Å². The van der Waals surface area contributed by atoms with E-state index in [9.17, 15) is 0 Å². The number of ether oxygens (including phenoxy) is 2. The van der Waals surface area contributed by atoms with Crippen molar-refractivity contribution in [2.75, 3.05) is 58.4 Å². The zero-order valence-electron chi connectivity index (χ0n) is 17.7. The topological polar surface area (TPSA) is 41.3 Å². The first-order valence-electron chi connectivity index (χ1n) is 10.7. The van der Waals surface area contributed by atoms with Crippen LogP contribution in [0.3, 0.4) is 0 Å². The first-order chi connectivity index (χ1) is 14.3. The fraction of sp³-hybridized carbons (Fsp3) is 0.565. The minimum atomic E-state index is 0.541. The van der Waals surface area contributed by atoms with Crippen LogP contribution in [0.4, 0.5) is 5.69 Å². The SMILES string of the molecule is COCc1ccc(CN2CCC[C@H](N3CCN(c4ccccc4OC)CC3)C2)o1. The number of anilines is 1. The van der Waals surface area contributed by atoms with E-state index in [2.05, 4.69) is 32.9 Å². The van der Waals surface area contributed by atoms with Crippen LogP contribution in [0, 0.1) is 0 Å². The van der Waals surface area contributed by atoms with E-state index in [-0.39, 0.29) is 0 Å². The monoisotopic (exact) mass is 399 g/mol. The fourth-order valence-corrected chi connectivity index (χ4v) is 4.64. The van der Waals surface area contributed by atoms with Crippen molar-refractivity contribution in [1.82, 2.24) is 9.80 Å². The molecule has 0 bridgehead atoms. The summed E-state index contributed by atoms with van der Waals surface area (Å²) in [7, 11) is 3.45. The van der Waals surface area contributed by atoms with Gasteiger partial charge in [-0.15, -0.1) is 0 Å². The summed E-state index contributed by atoms with van der Waals surface area (Å²) in [6, 6.07) is 13.1. The Bertz CT molecular complexity index is 770. The quantitative estimate of drug-likeness (QED) is 0.712. The van der Waals surface area contributed by atoms with Crippen LogP contribution >= 0.6 is 0 Å².